The number of aromatic nitrogens is 2. The molecule has 4 heteroatoms. The van der Waals surface area contributed by atoms with Gasteiger partial charge >= 0.3 is 0 Å². The topological polar surface area (TPSA) is 38.9 Å². The van der Waals surface area contributed by atoms with Crippen LogP contribution in [-0.2, 0) is 6.42 Å². The fourth-order valence-corrected chi connectivity index (χ4v) is 2.26. The first-order valence-electron chi connectivity index (χ1n) is 5.91. The zero-order valence-corrected chi connectivity index (χ0v) is 10.7. The first-order chi connectivity index (χ1) is 8.38. The van der Waals surface area contributed by atoms with E-state index >= 15 is 0 Å². The van der Waals surface area contributed by atoms with Crippen molar-refractivity contribution in [2.75, 3.05) is 0 Å². The molecule has 0 aliphatic rings. The summed E-state index contributed by atoms with van der Waals surface area (Å²) in [6, 6.07) is 8.56. The predicted octanol–water partition coefficient (Wildman–Crippen LogP) is 3.95. The molecule has 1 heterocycles. The molecular weight excluding hydrogens is 232 g/mol. The van der Waals surface area contributed by atoms with Gasteiger partial charge in [-0.05, 0) is 42.3 Å². The number of benzene rings is 1. The maximum absolute atomic E-state index is 5.09. The van der Waals surface area contributed by atoms with Crippen molar-refractivity contribution < 1.29 is 4.42 Å². The van der Waals surface area contributed by atoms with Gasteiger partial charge in [0, 0.05) is 4.90 Å². The summed E-state index contributed by atoms with van der Waals surface area (Å²) >= 11 is 1.49. The van der Waals surface area contributed by atoms with Crippen LogP contribution in [0.4, 0.5) is 0 Å². The third-order valence-electron chi connectivity index (χ3n) is 2.54. The van der Waals surface area contributed by atoms with Gasteiger partial charge in [0.15, 0.2) is 0 Å². The molecule has 0 aliphatic carbocycles. The average Bonchev–Trinajstić information content (AvgIpc) is 2.85. The highest BCUT2D eigenvalue weighted by atomic mass is 32.2. The number of aryl methyl sites for hydroxylation is 1. The minimum atomic E-state index is 0.587. The van der Waals surface area contributed by atoms with Gasteiger partial charge in [0.1, 0.15) is 0 Å². The second-order valence-electron chi connectivity index (χ2n) is 3.91. The Bertz CT molecular complexity index is 425. The molecule has 90 valence electrons. The van der Waals surface area contributed by atoms with E-state index in [1.54, 1.807) is 0 Å². The van der Waals surface area contributed by atoms with Crippen LogP contribution in [0.3, 0.4) is 0 Å². The Kier molecular flexibility index (Phi) is 4.62. The molecular formula is C13H16N2OS. The highest BCUT2D eigenvalue weighted by Gasteiger charge is 2.02. The fourth-order valence-electron chi connectivity index (χ4n) is 1.61. The lowest BCUT2D eigenvalue weighted by atomic mass is 10.1. The SMILES string of the molecule is CCCCCc1ccc(Sc2nnco2)cc1. The lowest BCUT2D eigenvalue weighted by molar-refractivity contribution is 0.453. The van der Waals surface area contributed by atoms with E-state index in [9.17, 15) is 0 Å². The molecule has 0 aliphatic heterocycles. The summed E-state index contributed by atoms with van der Waals surface area (Å²) in [6.07, 6.45) is 6.36. The number of nitrogens with zero attached hydrogens (tertiary/aromatic N) is 2. The zero-order chi connectivity index (χ0) is 11.9. The van der Waals surface area contributed by atoms with Gasteiger partial charge in [-0.25, -0.2) is 0 Å². The summed E-state index contributed by atoms with van der Waals surface area (Å²) in [5.41, 5.74) is 1.40. The van der Waals surface area contributed by atoms with Crippen molar-refractivity contribution in [2.24, 2.45) is 0 Å². The molecule has 0 amide bonds. The van der Waals surface area contributed by atoms with Crippen LogP contribution in [0.1, 0.15) is 31.7 Å². The zero-order valence-electron chi connectivity index (χ0n) is 9.93. The van der Waals surface area contributed by atoms with Crippen LogP contribution in [0.5, 0.6) is 0 Å². The van der Waals surface area contributed by atoms with Crippen molar-refractivity contribution in [1.82, 2.24) is 10.2 Å². The maximum Gasteiger partial charge on any atom is 0.281 e. The van der Waals surface area contributed by atoms with Crippen molar-refractivity contribution in [1.29, 1.82) is 0 Å². The van der Waals surface area contributed by atoms with Gasteiger partial charge in [-0.3, -0.25) is 0 Å². The smallest absolute Gasteiger partial charge is 0.281 e. The molecule has 0 saturated carbocycles. The summed E-state index contributed by atoms with van der Waals surface area (Å²) in [4.78, 5) is 1.13. The van der Waals surface area contributed by atoms with E-state index in [-0.39, 0.29) is 0 Å². The van der Waals surface area contributed by atoms with Gasteiger partial charge in [-0.15, -0.1) is 10.2 Å². The lowest BCUT2D eigenvalue weighted by Gasteiger charge is -2.02. The normalized spacial score (nSPS) is 10.6. The number of rotatable bonds is 6. The van der Waals surface area contributed by atoms with Gasteiger partial charge in [0.05, 0.1) is 0 Å². The third kappa shape index (κ3) is 3.89. The molecule has 0 spiro atoms. The summed E-state index contributed by atoms with van der Waals surface area (Å²) in [5, 5.41) is 8.08. The van der Waals surface area contributed by atoms with Crippen LogP contribution in [0, 0.1) is 0 Å². The highest BCUT2D eigenvalue weighted by molar-refractivity contribution is 7.99. The standard InChI is InChI=1S/C13H16N2OS/c1-2-3-4-5-11-6-8-12(9-7-11)17-13-15-14-10-16-13/h6-10H,2-5H2,1H3. The quantitative estimate of drug-likeness (QED) is 0.725. The summed E-state index contributed by atoms with van der Waals surface area (Å²) in [7, 11) is 0. The largest absolute Gasteiger partial charge is 0.419 e. The Balaban J connectivity index is 1.89. The lowest BCUT2D eigenvalue weighted by Crippen LogP contribution is -1.85. The van der Waals surface area contributed by atoms with E-state index in [1.165, 1.54) is 49.4 Å². The second kappa shape index (κ2) is 6.45. The van der Waals surface area contributed by atoms with Crippen molar-refractivity contribution in [3.8, 4) is 0 Å². The summed E-state index contributed by atoms with van der Waals surface area (Å²) < 4.78 is 5.09. The molecule has 2 rings (SSSR count). The second-order valence-corrected chi connectivity index (χ2v) is 4.93. The Morgan fingerprint density at radius 2 is 2.00 bits per heavy atom. The van der Waals surface area contributed by atoms with Crippen LogP contribution >= 0.6 is 11.8 Å². The van der Waals surface area contributed by atoms with Crippen LogP contribution < -0.4 is 0 Å². The van der Waals surface area contributed by atoms with Crippen LogP contribution in [0.2, 0.25) is 0 Å². The molecule has 3 nitrogen and oxygen atoms in total. The van der Waals surface area contributed by atoms with Crippen LogP contribution in [-0.4, -0.2) is 10.2 Å². The predicted molar refractivity (Wildman–Crippen MR) is 68.1 cm³/mol. The molecule has 0 radical (unpaired) electrons. The maximum atomic E-state index is 5.09. The number of hydrogen-bond acceptors (Lipinski definition) is 4. The molecule has 17 heavy (non-hydrogen) atoms. The van der Waals surface area contributed by atoms with Crippen LogP contribution in [0.25, 0.3) is 0 Å². The van der Waals surface area contributed by atoms with E-state index in [1.807, 2.05) is 0 Å². The monoisotopic (exact) mass is 248 g/mol. The van der Waals surface area contributed by atoms with Gasteiger partial charge in [-0.1, -0.05) is 31.9 Å². The highest BCUT2D eigenvalue weighted by Crippen LogP contribution is 2.25. The molecule has 0 saturated heterocycles. The van der Waals surface area contributed by atoms with Gasteiger partial charge < -0.3 is 4.42 Å². The minimum absolute atomic E-state index is 0.587. The van der Waals surface area contributed by atoms with E-state index in [0.717, 1.165) is 4.90 Å². The number of hydrogen-bond donors (Lipinski definition) is 0. The summed E-state index contributed by atoms with van der Waals surface area (Å²) in [5.74, 6) is 0. The first-order valence-corrected chi connectivity index (χ1v) is 6.73. The Hall–Kier alpha value is -1.29. The van der Waals surface area contributed by atoms with Crippen molar-refractivity contribution in [3.63, 3.8) is 0 Å². The van der Waals surface area contributed by atoms with E-state index in [0.29, 0.717) is 5.22 Å². The van der Waals surface area contributed by atoms with Gasteiger partial charge in [0.2, 0.25) is 6.39 Å². The molecule has 0 fully saturated rings. The molecule has 0 N–H and O–H groups in total. The number of unbranched alkanes of at least 4 members (excludes halogenated alkanes) is 2. The Morgan fingerprint density at radius 3 is 2.65 bits per heavy atom. The van der Waals surface area contributed by atoms with Gasteiger partial charge in [-0.2, -0.15) is 0 Å². The Labute approximate surface area is 106 Å². The summed E-state index contributed by atoms with van der Waals surface area (Å²) in [6.45, 7) is 2.23. The Morgan fingerprint density at radius 1 is 1.18 bits per heavy atom. The molecule has 0 bridgehead atoms. The van der Waals surface area contributed by atoms with Gasteiger partial charge in [0.25, 0.3) is 5.22 Å². The van der Waals surface area contributed by atoms with Crippen molar-refractivity contribution in [3.05, 3.63) is 36.2 Å². The molecule has 0 unspecified atom stereocenters. The van der Waals surface area contributed by atoms with Crippen molar-refractivity contribution >= 4 is 11.8 Å². The van der Waals surface area contributed by atoms with E-state index < -0.39 is 0 Å². The van der Waals surface area contributed by atoms with Crippen LogP contribution in [0.15, 0.2) is 45.2 Å². The van der Waals surface area contributed by atoms with E-state index in [4.69, 9.17) is 4.42 Å². The molecule has 0 atom stereocenters. The third-order valence-corrected chi connectivity index (χ3v) is 3.40. The average molecular weight is 248 g/mol. The minimum Gasteiger partial charge on any atom is -0.419 e. The van der Waals surface area contributed by atoms with Crippen molar-refractivity contribution in [2.45, 2.75) is 42.7 Å². The molecule has 1 aromatic heterocycles. The van der Waals surface area contributed by atoms with E-state index in [2.05, 4.69) is 41.4 Å². The fraction of sp³-hybridized carbons (Fsp3) is 0.385. The first kappa shape index (κ1) is 12.2. The molecule has 2 aromatic rings. The molecule has 1 aromatic carbocycles.